The molecule has 1 fully saturated rings. The summed E-state index contributed by atoms with van der Waals surface area (Å²) in [5.41, 5.74) is 1.09. The molecular formula is C19H33N5O2. The van der Waals surface area contributed by atoms with Crippen molar-refractivity contribution in [2.75, 3.05) is 68.6 Å². The van der Waals surface area contributed by atoms with E-state index in [2.05, 4.69) is 39.1 Å². The standard InChI is InChI=1S/C19H33N5O2/c1-20-19(21-12-16-14-22(2)9-10-23(16)3)24(4)13-15-7-8-17(25-5)11-18(15)26-6/h7-8,11,16H,9-10,12-14H2,1-6H3,(H,20,21). The van der Waals surface area contributed by atoms with Gasteiger partial charge >= 0.3 is 0 Å². The molecule has 0 aromatic heterocycles. The SMILES string of the molecule is CN=C(NCC1CN(C)CCN1C)N(C)Cc1ccc(OC)cc1OC. The van der Waals surface area contributed by atoms with E-state index in [4.69, 9.17) is 9.47 Å². The Bertz CT molecular complexity index is 608. The third kappa shape index (κ3) is 5.25. The third-order valence-corrected chi connectivity index (χ3v) is 4.95. The van der Waals surface area contributed by atoms with Crippen LogP contribution < -0.4 is 14.8 Å². The fraction of sp³-hybridized carbons (Fsp3) is 0.632. The second kappa shape index (κ2) is 9.64. The molecule has 0 saturated carbocycles. The van der Waals surface area contributed by atoms with Crippen LogP contribution in [0.2, 0.25) is 0 Å². The Labute approximate surface area is 157 Å². The minimum absolute atomic E-state index is 0.481. The van der Waals surface area contributed by atoms with Gasteiger partial charge in [0.15, 0.2) is 5.96 Å². The molecule has 0 amide bonds. The van der Waals surface area contributed by atoms with Gasteiger partial charge in [-0.25, -0.2) is 0 Å². The van der Waals surface area contributed by atoms with Crippen LogP contribution in [0.1, 0.15) is 5.56 Å². The highest BCUT2D eigenvalue weighted by atomic mass is 16.5. The van der Waals surface area contributed by atoms with Gasteiger partial charge in [0.2, 0.25) is 0 Å². The number of hydrogen-bond acceptors (Lipinski definition) is 5. The van der Waals surface area contributed by atoms with Crippen molar-refractivity contribution in [3.05, 3.63) is 23.8 Å². The van der Waals surface area contributed by atoms with Gasteiger partial charge in [-0.3, -0.25) is 9.89 Å². The van der Waals surface area contributed by atoms with E-state index < -0.39 is 0 Å². The average molecular weight is 364 g/mol. The molecule has 1 heterocycles. The predicted molar refractivity (Wildman–Crippen MR) is 106 cm³/mol. The molecule has 0 radical (unpaired) electrons. The molecule has 7 nitrogen and oxygen atoms in total. The number of aliphatic imine (C=N–C) groups is 1. The maximum absolute atomic E-state index is 5.50. The van der Waals surface area contributed by atoms with Crippen molar-refractivity contribution in [3.63, 3.8) is 0 Å². The summed E-state index contributed by atoms with van der Waals surface area (Å²) in [6.45, 7) is 4.86. The van der Waals surface area contributed by atoms with Gasteiger partial charge in [0, 0.05) is 64.5 Å². The van der Waals surface area contributed by atoms with E-state index in [1.807, 2.05) is 32.3 Å². The van der Waals surface area contributed by atoms with Crippen LogP contribution in [0.15, 0.2) is 23.2 Å². The Morgan fingerprint density at radius 2 is 2.04 bits per heavy atom. The molecule has 1 aromatic rings. The highest BCUT2D eigenvalue weighted by Gasteiger charge is 2.22. The van der Waals surface area contributed by atoms with Crippen LogP contribution in [0.25, 0.3) is 0 Å². The molecule has 1 aliphatic rings. The lowest BCUT2D eigenvalue weighted by atomic mass is 10.1. The summed E-state index contributed by atoms with van der Waals surface area (Å²) in [6.07, 6.45) is 0. The van der Waals surface area contributed by atoms with Crippen molar-refractivity contribution in [3.8, 4) is 11.5 Å². The van der Waals surface area contributed by atoms with E-state index in [0.29, 0.717) is 12.6 Å². The Morgan fingerprint density at radius 3 is 2.69 bits per heavy atom. The molecule has 146 valence electrons. The zero-order valence-corrected chi connectivity index (χ0v) is 17.0. The van der Waals surface area contributed by atoms with Crippen molar-refractivity contribution in [1.82, 2.24) is 20.0 Å². The second-order valence-corrected chi connectivity index (χ2v) is 6.86. The number of piperazine rings is 1. The summed E-state index contributed by atoms with van der Waals surface area (Å²) >= 11 is 0. The summed E-state index contributed by atoms with van der Waals surface area (Å²) in [4.78, 5) is 11.3. The molecule has 1 atom stereocenters. The molecule has 0 spiro atoms. The van der Waals surface area contributed by atoms with Crippen molar-refractivity contribution >= 4 is 5.96 Å². The predicted octanol–water partition coefficient (Wildman–Crippen LogP) is 0.957. The monoisotopic (exact) mass is 363 g/mol. The molecule has 7 heteroatoms. The molecule has 0 bridgehead atoms. The van der Waals surface area contributed by atoms with Crippen LogP contribution in [0.4, 0.5) is 0 Å². The lowest BCUT2D eigenvalue weighted by molar-refractivity contribution is 0.116. The topological polar surface area (TPSA) is 52.6 Å². The van der Waals surface area contributed by atoms with E-state index >= 15 is 0 Å². The number of benzene rings is 1. The highest BCUT2D eigenvalue weighted by molar-refractivity contribution is 5.79. The summed E-state index contributed by atoms with van der Waals surface area (Å²) in [5, 5.41) is 3.51. The van der Waals surface area contributed by atoms with E-state index in [9.17, 15) is 0 Å². The maximum atomic E-state index is 5.50. The molecule has 1 aromatic carbocycles. The first-order valence-electron chi connectivity index (χ1n) is 9.00. The zero-order chi connectivity index (χ0) is 19.1. The van der Waals surface area contributed by atoms with Crippen LogP contribution in [0.3, 0.4) is 0 Å². The van der Waals surface area contributed by atoms with E-state index in [-0.39, 0.29) is 0 Å². The summed E-state index contributed by atoms with van der Waals surface area (Å²) in [5.74, 6) is 2.49. The van der Waals surface area contributed by atoms with E-state index in [0.717, 1.165) is 49.2 Å². The molecule has 1 saturated heterocycles. The Morgan fingerprint density at radius 1 is 1.27 bits per heavy atom. The molecule has 1 N–H and O–H groups in total. The number of rotatable bonds is 6. The third-order valence-electron chi connectivity index (χ3n) is 4.95. The Hall–Kier alpha value is -1.99. The molecular weight excluding hydrogens is 330 g/mol. The Kier molecular flexibility index (Phi) is 7.53. The smallest absolute Gasteiger partial charge is 0.193 e. The molecule has 26 heavy (non-hydrogen) atoms. The number of methoxy groups -OCH3 is 2. The summed E-state index contributed by atoms with van der Waals surface area (Å²) in [6, 6.07) is 6.38. The molecule has 1 aliphatic heterocycles. The lowest BCUT2D eigenvalue weighted by Crippen LogP contribution is -2.55. The van der Waals surface area contributed by atoms with Crippen LogP contribution in [0.5, 0.6) is 11.5 Å². The number of likely N-dealkylation sites (N-methyl/N-ethyl adjacent to an activating group) is 2. The first-order chi connectivity index (χ1) is 12.5. The van der Waals surface area contributed by atoms with Crippen LogP contribution in [-0.4, -0.2) is 95.3 Å². The summed E-state index contributed by atoms with van der Waals surface area (Å²) in [7, 11) is 11.6. The fourth-order valence-electron chi connectivity index (χ4n) is 3.23. The van der Waals surface area contributed by atoms with Crippen LogP contribution in [-0.2, 0) is 6.54 Å². The van der Waals surface area contributed by atoms with Crippen molar-refractivity contribution < 1.29 is 9.47 Å². The number of hydrogen-bond donors (Lipinski definition) is 1. The van der Waals surface area contributed by atoms with Gasteiger partial charge in [0.05, 0.1) is 14.2 Å². The van der Waals surface area contributed by atoms with Gasteiger partial charge in [0.25, 0.3) is 0 Å². The largest absolute Gasteiger partial charge is 0.497 e. The Balaban J connectivity index is 1.97. The zero-order valence-electron chi connectivity index (χ0n) is 17.0. The quantitative estimate of drug-likeness (QED) is 0.600. The van der Waals surface area contributed by atoms with Crippen molar-refractivity contribution in [1.29, 1.82) is 0 Å². The van der Waals surface area contributed by atoms with Gasteiger partial charge < -0.3 is 24.6 Å². The van der Waals surface area contributed by atoms with Gasteiger partial charge in [0.1, 0.15) is 11.5 Å². The number of ether oxygens (including phenoxy) is 2. The van der Waals surface area contributed by atoms with Gasteiger partial charge in [-0.1, -0.05) is 0 Å². The maximum Gasteiger partial charge on any atom is 0.193 e. The fourth-order valence-corrected chi connectivity index (χ4v) is 3.23. The molecule has 1 unspecified atom stereocenters. The van der Waals surface area contributed by atoms with Crippen LogP contribution in [0, 0.1) is 0 Å². The first-order valence-corrected chi connectivity index (χ1v) is 9.00. The van der Waals surface area contributed by atoms with Gasteiger partial charge in [-0.05, 0) is 26.2 Å². The number of nitrogens with zero attached hydrogens (tertiary/aromatic N) is 4. The minimum Gasteiger partial charge on any atom is -0.497 e. The van der Waals surface area contributed by atoms with Crippen molar-refractivity contribution in [2.24, 2.45) is 4.99 Å². The van der Waals surface area contributed by atoms with Gasteiger partial charge in [-0.2, -0.15) is 0 Å². The van der Waals surface area contributed by atoms with Crippen LogP contribution >= 0.6 is 0 Å². The minimum atomic E-state index is 0.481. The first kappa shape index (κ1) is 20.3. The van der Waals surface area contributed by atoms with E-state index in [1.165, 1.54) is 0 Å². The second-order valence-electron chi connectivity index (χ2n) is 6.86. The molecule has 2 rings (SSSR count). The average Bonchev–Trinajstić information content (AvgIpc) is 2.65. The summed E-state index contributed by atoms with van der Waals surface area (Å²) < 4.78 is 10.8. The highest BCUT2D eigenvalue weighted by Crippen LogP contribution is 2.25. The lowest BCUT2D eigenvalue weighted by Gasteiger charge is -2.38. The normalized spacial score (nSPS) is 19.3. The number of guanidine groups is 1. The number of nitrogens with one attached hydrogen (secondary N) is 1. The molecule has 0 aliphatic carbocycles. The van der Waals surface area contributed by atoms with Crippen molar-refractivity contribution in [2.45, 2.75) is 12.6 Å². The van der Waals surface area contributed by atoms with E-state index in [1.54, 1.807) is 14.2 Å². The van der Waals surface area contributed by atoms with Gasteiger partial charge in [-0.15, -0.1) is 0 Å².